The van der Waals surface area contributed by atoms with Crippen LogP contribution in [0, 0.1) is 5.95 Å². The van der Waals surface area contributed by atoms with Crippen LogP contribution in [0.5, 0.6) is 0 Å². The highest BCUT2D eigenvalue weighted by Crippen LogP contribution is 2.35. The Kier molecular flexibility index (Phi) is 2.73. The Hall–Kier alpha value is -1.34. The van der Waals surface area contributed by atoms with Crippen LogP contribution in [0.2, 0.25) is 0 Å². The molecule has 2 heterocycles. The van der Waals surface area contributed by atoms with E-state index < -0.39 is 36.1 Å². The second kappa shape index (κ2) is 3.91. The number of aromatic nitrogens is 2. The molecule has 0 spiro atoms. The molecule has 1 aliphatic heterocycles. The molecule has 0 saturated carbocycles. The number of hydrogen-bond donors (Lipinski definition) is 2. The highest BCUT2D eigenvalue weighted by atomic mass is 19.1. The number of aliphatic hydroxyl groups is 1. The number of H-pyrrole nitrogens is 1. The fraction of sp³-hybridized carbons (Fsp3) is 0.556. The van der Waals surface area contributed by atoms with Gasteiger partial charge in [0, 0.05) is 6.20 Å². The quantitative estimate of drug-likeness (QED) is 0.672. The van der Waals surface area contributed by atoms with E-state index in [4.69, 9.17) is 4.74 Å². The zero-order chi connectivity index (χ0) is 11.9. The molecule has 1 aliphatic rings. The van der Waals surface area contributed by atoms with Crippen LogP contribution < -0.4 is 5.69 Å². The molecular formula is C9H10F2N2O3. The highest BCUT2D eigenvalue weighted by Gasteiger charge is 2.43. The standard InChI is InChI=1S/C9H10F2N2O3/c1-3-6(14)5(10)7(16-3)4-2-12-9(15)13-8(4)11/h2-3,5-7,14H,1H3,(H,12,13,15)/t3-,5+,6?,7+/m1/s1. The Labute approximate surface area is 89.1 Å². The van der Waals surface area contributed by atoms with Gasteiger partial charge in [0.1, 0.15) is 12.2 Å². The molecule has 1 aromatic rings. The molecular weight excluding hydrogens is 222 g/mol. The molecule has 0 radical (unpaired) electrons. The number of nitrogens with zero attached hydrogens (tertiary/aromatic N) is 1. The summed E-state index contributed by atoms with van der Waals surface area (Å²) in [5, 5.41) is 9.33. The molecule has 4 atom stereocenters. The Bertz CT molecular complexity index is 451. The van der Waals surface area contributed by atoms with Gasteiger partial charge in [-0.3, -0.25) is 4.98 Å². The molecule has 16 heavy (non-hydrogen) atoms. The Morgan fingerprint density at radius 2 is 2.31 bits per heavy atom. The zero-order valence-corrected chi connectivity index (χ0v) is 8.35. The number of halogens is 2. The molecule has 1 unspecified atom stereocenters. The van der Waals surface area contributed by atoms with Gasteiger partial charge in [0.15, 0.2) is 6.17 Å². The van der Waals surface area contributed by atoms with Gasteiger partial charge in [-0.15, -0.1) is 0 Å². The minimum atomic E-state index is -1.74. The van der Waals surface area contributed by atoms with Crippen molar-refractivity contribution in [1.29, 1.82) is 0 Å². The van der Waals surface area contributed by atoms with E-state index in [-0.39, 0.29) is 5.56 Å². The summed E-state index contributed by atoms with van der Waals surface area (Å²) >= 11 is 0. The van der Waals surface area contributed by atoms with Crippen LogP contribution >= 0.6 is 0 Å². The molecule has 0 bridgehead atoms. The van der Waals surface area contributed by atoms with Gasteiger partial charge < -0.3 is 9.84 Å². The van der Waals surface area contributed by atoms with Gasteiger partial charge in [0.25, 0.3) is 0 Å². The third-order valence-electron chi connectivity index (χ3n) is 2.56. The van der Waals surface area contributed by atoms with E-state index in [1.165, 1.54) is 6.92 Å². The maximum atomic E-state index is 13.5. The van der Waals surface area contributed by atoms with Gasteiger partial charge in [-0.25, -0.2) is 14.2 Å². The lowest BCUT2D eigenvalue weighted by Gasteiger charge is -2.12. The van der Waals surface area contributed by atoms with E-state index in [1.807, 2.05) is 0 Å². The van der Waals surface area contributed by atoms with E-state index >= 15 is 0 Å². The average molecular weight is 232 g/mol. The summed E-state index contributed by atoms with van der Waals surface area (Å²) in [6.45, 7) is 1.48. The molecule has 2 N–H and O–H groups in total. The largest absolute Gasteiger partial charge is 0.387 e. The van der Waals surface area contributed by atoms with Gasteiger partial charge >= 0.3 is 5.69 Å². The second-order valence-corrected chi connectivity index (χ2v) is 3.65. The smallest absolute Gasteiger partial charge is 0.347 e. The van der Waals surface area contributed by atoms with Gasteiger partial charge in [-0.05, 0) is 6.92 Å². The molecule has 5 nitrogen and oxygen atoms in total. The van der Waals surface area contributed by atoms with Crippen molar-refractivity contribution in [3.8, 4) is 0 Å². The van der Waals surface area contributed by atoms with Crippen LogP contribution in [-0.4, -0.2) is 33.5 Å². The van der Waals surface area contributed by atoms with Gasteiger partial charge in [0.05, 0.1) is 11.7 Å². The van der Waals surface area contributed by atoms with Gasteiger partial charge in [0.2, 0.25) is 5.95 Å². The van der Waals surface area contributed by atoms with Crippen molar-refractivity contribution in [3.05, 3.63) is 28.2 Å². The summed E-state index contributed by atoms with van der Waals surface area (Å²) in [6, 6.07) is 0. The predicted molar refractivity (Wildman–Crippen MR) is 49.0 cm³/mol. The van der Waals surface area contributed by atoms with Crippen LogP contribution in [0.25, 0.3) is 0 Å². The molecule has 1 saturated heterocycles. The highest BCUT2D eigenvalue weighted by molar-refractivity contribution is 5.14. The lowest BCUT2D eigenvalue weighted by Crippen LogP contribution is -2.26. The molecule has 0 amide bonds. The normalized spacial score (nSPS) is 34.2. The van der Waals surface area contributed by atoms with E-state index in [0.717, 1.165) is 6.20 Å². The van der Waals surface area contributed by atoms with Crippen LogP contribution in [-0.2, 0) is 4.74 Å². The fourth-order valence-corrected chi connectivity index (χ4v) is 1.65. The summed E-state index contributed by atoms with van der Waals surface area (Å²) < 4.78 is 31.9. The Morgan fingerprint density at radius 3 is 2.81 bits per heavy atom. The minimum Gasteiger partial charge on any atom is -0.387 e. The zero-order valence-electron chi connectivity index (χ0n) is 8.35. The molecule has 88 valence electrons. The summed E-state index contributed by atoms with van der Waals surface area (Å²) in [7, 11) is 0. The van der Waals surface area contributed by atoms with E-state index in [2.05, 4.69) is 4.98 Å². The lowest BCUT2D eigenvalue weighted by atomic mass is 10.1. The summed E-state index contributed by atoms with van der Waals surface area (Å²) in [4.78, 5) is 15.8. The third-order valence-corrected chi connectivity index (χ3v) is 2.56. The van der Waals surface area contributed by atoms with Crippen molar-refractivity contribution < 1.29 is 18.6 Å². The van der Waals surface area contributed by atoms with Crippen molar-refractivity contribution >= 4 is 0 Å². The lowest BCUT2D eigenvalue weighted by molar-refractivity contribution is 0.0192. The first-order valence-electron chi connectivity index (χ1n) is 4.73. The molecule has 0 aromatic carbocycles. The number of aliphatic hydroxyl groups excluding tert-OH is 1. The van der Waals surface area contributed by atoms with Gasteiger partial charge in [-0.1, -0.05) is 0 Å². The predicted octanol–water partition coefficient (Wildman–Crippen LogP) is 0.0678. The van der Waals surface area contributed by atoms with Crippen LogP contribution in [0.3, 0.4) is 0 Å². The maximum Gasteiger partial charge on any atom is 0.347 e. The molecule has 1 aromatic heterocycles. The average Bonchev–Trinajstić information content (AvgIpc) is 2.46. The van der Waals surface area contributed by atoms with E-state index in [1.54, 1.807) is 4.98 Å². The van der Waals surface area contributed by atoms with Crippen molar-refractivity contribution in [3.63, 3.8) is 0 Å². The van der Waals surface area contributed by atoms with Crippen LogP contribution in [0.1, 0.15) is 18.6 Å². The minimum absolute atomic E-state index is 0.199. The third kappa shape index (κ3) is 1.72. The Morgan fingerprint density at radius 1 is 1.62 bits per heavy atom. The summed E-state index contributed by atoms with van der Waals surface area (Å²) in [5.41, 5.74) is -1.06. The van der Waals surface area contributed by atoms with Crippen molar-refractivity contribution in [2.24, 2.45) is 0 Å². The number of hydrogen-bond acceptors (Lipinski definition) is 4. The first kappa shape index (κ1) is 11.2. The van der Waals surface area contributed by atoms with Crippen molar-refractivity contribution in [2.45, 2.75) is 31.4 Å². The number of rotatable bonds is 1. The molecule has 1 fully saturated rings. The van der Waals surface area contributed by atoms with Crippen LogP contribution in [0.4, 0.5) is 8.78 Å². The summed E-state index contributed by atoms with van der Waals surface area (Å²) in [5.74, 6) is -0.992. The number of aromatic amines is 1. The summed E-state index contributed by atoms with van der Waals surface area (Å²) in [6.07, 6.45) is -4.11. The SMILES string of the molecule is C[C@H]1O[C@@H](c2cnc(=O)[nH]c2F)[C@@H](F)C1O. The maximum absolute atomic E-state index is 13.5. The molecule has 7 heteroatoms. The van der Waals surface area contributed by atoms with Crippen molar-refractivity contribution in [1.82, 2.24) is 9.97 Å². The fourth-order valence-electron chi connectivity index (χ4n) is 1.65. The molecule has 2 rings (SSSR count). The number of nitrogens with one attached hydrogen (secondary N) is 1. The Balaban J connectivity index is 2.35. The monoisotopic (exact) mass is 232 g/mol. The number of ether oxygens (including phenoxy) is 1. The first-order chi connectivity index (χ1) is 7.50. The second-order valence-electron chi connectivity index (χ2n) is 3.65. The topological polar surface area (TPSA) is 75.2 Å². The number of alkyl halides is 1. The van der Waals surface area contributed by atoms with Crippen molar-refractivity contribution in [2.75, 3.05) is 0 Å². The van der Waals surface area contributed by atoms with E-state index in [0.29, 0.717) is 0 Å². The molecule has 0 aliphatic carbocycles. The first-order valence-corrected chi connectivity index (χ1v) is 4.73. The van der Waals surface area contributed by atoms with E-state index in [9.17, 15) is 18.7 Å². The van der Waals surface area contributed by atoms with Crippen LogP contribution in [0.15, 0.2) is 11.0 Å². The van der Waals surface area contributed by atoms with Gasteiger partial charge in [-0.2, -0.15) is 4.39 Å².